The maximum atomic E-state index is 6.39. The molecule has 0 bridgehead atoms. The van der Waals surface area contributed by atoms with Crippen molar-refractivity contribution in [2.24, 2.45) is 0 Å². The van der Waals surface area contributed by atoms with Crippen LogP contribution in [0.25, 0.3) is 11.1 Å². The van der Waals surface area contributed by atoms with E-state index < -0.39 is 0 Å². The molecule has 3 rings (SSSR count). The number of aryl methyl sites for hydroxylation is 1. The SMILES string of the molecule is CCCCOc1cccc(-c2cccc(COc3ccc(CC)cc3Cl)c2C)c1C. The molecule has 0 saturated heterocycles. The van der Waals surface area contributed by atoms with Crippen LogP contribution in [-0.2, 0) is 13.0 Å². The van der Waals surface area contributed by atoms with Gasteiger partial charge in [-0.15, -0.1) is 0 Å². The van der Waals surface area contributed by atoms with Gasteiger partial charge in [0.2, 0.25) is 0 Å². The largest absolute Gasteiger partial charge is 0.493 e. The smallest absolute Gasteiger partial charge is 0.138 e. The number of benzene rings is 3. The highest BCUT2D eigenvalue weighted by Crippen LogP contribution is 2.34. The Morgan fingerprint density at radius 2 is 1.53 bits per heavy atom. The van der Waals surface area contributed by atoms with Crippen LogP contribution in [0.15, 0.2) is 54.6 Å². The van der Waals surface area contributed by atoms with Gasteiger partial charge in [0.1, 0.15) is 18.1 Å². The molecule has 0 saturated carbocycles. The summed E-state index contributed by atoms with van der Waals surface area (Å²) in [7, 11) is 0. The second-order valence-corrected chi connectivity index (χ2v) is 8.03. The lowest BCUT2D eigenvalue weighted by Crippen LogP contribution is -2.02. The summed E-state index contributed by atoms with van der Waals surface area (Å²) in [5.41, 5.74) is 7.16. The molecular formula is C27H31ClO2. The van der Waals surface area contributed by atoms with Crippen LogP contribution in [0.1, 0.15) is 48.9 Å². The van der Waals surface area contributed by atoms with E-state index >= 15 is 0 Å². The first-order valence-corrected chi connectivity index (χ1v) is 11.1. The zero-order valence-electron chi connectivity index (χ0n) is 18.4. The fourth-order valence-electron chi connectivity index (χ4n) is 3.56. The van der Waals surface area contributed by atoms with Gasteiger partial charge in [0.25, 0.3) is 0 Å². The van der Waals surface area contributed by atoms with E-state index in [0.717, 1.165) is 42.9 Å². The molecule has 0 fully saturated rings. The van der Waals surface area contributed by atoms with E-state index in [2.05, 4.69) is 70.2 Å². The van der Waals surface area contributed by atoms with E-state index in [4.69, 9.17) is 21.1 Å². The minimum Gasteiger partial charge on any atom is -0.493 e. The Hall–Kier alpha value is -2.45. The van der Waals surface area contributed by atoms with E-state index in [1.54, 1.807) is 0 Å². The van der Waals surface area contributed by atoms with Crippen LogP contribution in [0, 0.1) is 13.8 Å². The van der Waals surface area contributed by atoms with Crippen LogP contribution < -0.4 is 9.47 Å². The summed E-state index contributed by atoms with van der Waals surface area (Å²) in [4.78, 5) is 0. The van der Waals surface area contributed by atoms with Gasteiger partial charge in [0.05, 0.1) is 11.6 Å². The normalized spacial score (nSPS) is 10.8. The molecule has 30 heavy (non-hydrogen) atoms. The highest BCUT2D eigenvalue weighted by Gasteiger charge is 2.12. The van der Waals surface area contributed by atoms with Crippen molar-refractivity contribution in [1.29, 1.82) is 0 Å². The highest BCUT2D eigenvalue weighted by atomic mass is 35.5. The van der Waals surface area contributed by atoms with Crippen molar-refractivity contribution < 1.29 is 9.47 Å². The number of hydrogen-bond acceptors (Lipinski definition) is 2. The zero-order valence-corrected chi connectivity index (χ0v) is 19.2. The average Bonchev–Trinajstić information content (AvgIpc) is 2.75. The molecule has 0 aromatic heterocycles. The molecule has 0 aliphatic heterocycles. The molecule has 0 unspecified atom stereocenters. The fraction of sp³-hybridized carbons (Fsp3) is 0.333. The topological polar surface area (TPSA) is 18.5 Å². The first-order valence-electron chi connectivity index (χ1n) is 10.8. The van der Waals surface area contributed by atoms with E-state index in [-0.39, 0.29) is 0 Å². The van der Waals surface area contributed by atoms with Gasteiger partial charge in [-0.3, -0.25) is 0 Å². The summed E-state index contributed by atoms with van der Waals surface area (Å²) >= 11 is 6.39. The Morgan fingerprint density at radius 1 is 0.800 bits per heavy atom. The van der Waals surface area contributed by atoms with Gasteiger partial charge >= 0.3 is 0 Å². The van der Waals surface area contributed by atoms with Gasteiger partial charge in [-0.2, -0.15) is 0 Å². The van der Waals surface area contributed by atoms with Crippen molar-refractivity contribution in [3.63, 3.8) is 0 Å². The van der Waals surface area contributed by atoms with Crippen molar-refractivity contribution in [1.82, 2.24) is 0 Å². The first kappa shape index (κ1) is 22.2. The molecule has 3 heteroatoms. The van der Waals surface area contributed by atoms with Gasteiger partial charge < -0.3 is 9.47 Å². The Balaban J connectivity index is 1.82. The molecule has 3 aromatic carbocycles. The summed E-state index contributed by atoms with van der Waals surface area (Å²) in [6.07, 6.45) is 3.16. The summed E-state index contributed by atoms with van der Waals surface area (Å²) in [5.74, 6) is 1.69. The first-order chi connectivity index (χ1) is 14.5. The lowest BCUT2D eigenvalue weighted by Gasteiger charge is -2.17. The van der Waals surface area contributed by atoms with E-state index in [1.165, 1.54) is 27.8 Å². The molecule has 0 atom stereocenters. The fourth-order valence-corrected chi connectivity index (χ4v) is 3.82. The number of halogens is 1. The van der Waals surface area contributed by atoms with Gasteiger partial charge in [-0.25, -0.2) is 0 Å². The molecular weight excluding hydrogens is 392 g/mol. The van der Waals surface area contributed by atoms with Gasteiger partial charge in [0, 0.05) is 0 Å². The van der Waals surface area contributed by atoms with Crippen molar-refractivity contribution >= 4 is 11.6 Å². The predicted octanol–water partition coefficient (Wildman–Crippen LogP) is 7.94. The second-order valence-electron chi connectivity index (χ2n) is 7.63. The van der Waals surface area contributed by atoms with E-state index in [9.17, 15) is 0 Å². The molecule has 0 aliphatic carbocycles. The zero-order chi connectivity index (χ0) is 21.5. The molecule has 0 N–H and O–H groups in total. The third-order valence-electron chi connectivity index (χ3n) is 5.56. The summed E-state index contributed by atoms with van der Waals surface area (Å²) in [5, 5.41) is 0.663. The van der Waals surface area contributed by atoms with Crippen molar-refractivity contribution in [3.05, 3.63) is 81.9 Å². The quantitative estimate of drug-likeness (QED) is 0.326. The summed E-state index contributed by atoms with van der Waals surface area (Å²) < 4.78 is 12.1. The molecule has 2 nitrogen and oxygen atoms in total. The van der Waals surface area contributed by atoms with Crippen LogP contribution in [-0.4, -0.2) is 6.61 Å². The lowest BCUT2D eigenvalue weighted by molar-refractivity contribution is 0.305. The Morgan fingerprint density at radius 3 is 2.23 bits per heavy atom. The molecule has 0 spiro atoms. The van der Waals surface area contributed by atoms with Crippen LogP contribution in [0.3, 0.4) is 0 Å². The number of hydrogen-bond donors (Lipinski definition) is 0. The summed E-state index contributed by atoms with van der Waals surface area (Å²) in [6.45, 7) is 9.82. The Labute approximate surface area is 185 Å². The van der Waals surface area contributed by atoms with Gasteiger partial charge in [-0.1, -0.05) is 68.3 Å². The van der Waals surface area contributed by atoms with Gasteiger partial charge in [0.15, 0.2) is 0 Å². The number of unbranched alkanes of at least 4 members (excludes halogenated alkanes) is 1. The molecule has 0 radical (unpaired) electrons. The molecule has 0 amide bonds. The van der Waals surface area contributed by atoms with E-state index in [0.29, 0.717) is 11.6 Å². The second kappa shape index (κ2) is 10.5. The van der Waals surface area contributed by atoms with Crippen molar-refractivity contribution in [2.45, 2.75) is 53.6 Å². The minimum absolute atomic E-state index is 0.483. The van der Waals surface area contributed by atoms with Crippen LogP contribution in [0.5, 0.6) is 11.5 Å². The number of ether oxygens (including phenoxy) is 2. The van der Waals surface area contributed by atoms with Crippen molar-refractivity contribution in [2.75, 3.05) is 6.61 Å². The highest BCUT2D eigenvalue weighted by molar-refractivity contribution is 6.32. The average molecular weight is 423 g/mol. The third-order valence-corrected chi connectivity index (χ3v) is 5.86. The molecule has 158 valence electrons. The number of rotatable bonds is 9. The van der Waals surface area contributed by atoms with Crippen molar-refractivity contribution in [3.8, 4) is 22.6 Å². The Kier molecular flexibility index (Phi) is 7.81. The monoisotopic (exact) mass is 422 g/mol. The third kappa shape index (κ3) is 5.17. The Bertz CT molecular complexity index is 994. The minimum atomic E-state index is 0.483. The summed E-state index contributed by atoms with van der Waals surface area (Å²) in [6, 6.07) is 18.7. The molecule has 0 heterocycles. The lowest BCUT2D eigenvalue weighted by atomic mass is 9.93. The molecule has 0 aliphatic rings. The van der Waals surface area contributed by atoms with Crippen LogP contribution in [0.4, 0.5) is 0 Å². The maximum Gasteiger partial charge on any atom is 0.138 e. The van der Waals surface area contributed by atoms with E-state index in [1.807, 2.05) is 12.1 Å². The van der Waals surface area contributed by atoms with Gasteiger partial charge in [-0.05, 0) is 78.3 Å². The molecule has 3 aromatic rings. The van der Waals surface area contributed by atoms with Crippen LogP contribution in [0.2, 0.25) is 5.02 Å². The predicted molar refractivity (Wildman–Crippen MR) is 127 cm³/mol. The standard InChI is InChI=1S/C27H31ClO2/c1-5-7-16-29-26-13-9-12-24(20(26)4)23-11-8-10-22(19(23)3)18-30-27-15-14-21(6-2)17-25(27)28/h8-15,17H,5-7,16,18H2,1-4H3. The maximum absolute atomic E-state index is 6.39. The van der Waals surface area contributed by atoms with Crippen LogP contribution >= 0.6 is 11.6 Å².